The molecular weight excluding hydrogens is 342 g/mol. The molecule has 0 spiro atoms. The van der Waals surface area contributed by atoms with Gasteiger partial charge in [-0.3, -0.25) is 9.78 Å². The Labute approximate surface area is 159 Å². The van der Waals surface area contributed by atoms with Gasteiger partial charge in [0.25, 0.3) is 5.91 Å². The second-order valence-corrected chi connectivity index (χ2v) is 7.96. The smallest absolute Gasteiger partial charge is 0.270 e. The van der Waals surface area contributed by atoms with Gasteiger partial charge in [-0.05, 0) is 30.4 Å². The number of nitrogens with zero attached hydrogens (tertiary/aromatic N) is 4. The molecular formula is C20H25N5O2. The van der Waals surface area contributed by atoms with Crippen LogP contribution in [0.2, 0.25) is 0 Å². The van der Waals surface area contributed by atoms with Crippen molar-refractivity contribution in [3.05, 3.63) is 47.5 Å². The normalized spacial score (nSPS) is 21.4. The van der Waals surface area contributed by atoms with E-state index in [9.17, 15) is 4.79 Å². The molecule has 142 valence electrons. The number of hydrogen-bond acceptors (Lipinski definition) is 6. The first kappa shape index (κ1) is 17.9. The van der Waals surface area contributed by atoms with Gasteiger partial charge in [0.15, 0.2) is 0 Å². The monoisotopic (exact) mass is 367 g/mol. The van der Waals surface area contributed by atoms with Crippen molar-refractivity contribution >= 4 is 11.9 Å². The van der Waals surface area contributed by atoms with Crippen LogP contribution in [-0.2, 0) is 11.2 Å². The predicted molar refractivity (Wildman–Crippen MR) is 102 cm³/mol. The third-order valence-corrected chi connectivity index (χ3v) is 5.16. The molecule has 1 aliphatic carbocycles. The van der Waals surface area contributed by atoms with E-state index in [2.05, 4.69) is 34.0 Å². The summed E-state index contributed by atoms with van der Waals surface area (Å²) < 4.78 is 5.42. The second kappa shape index (κ2) is 7.23. The predicted octanol–water partition coefficient (Wildman–Crippen LogP) is 2.15. The molecule has 4 rings (SSSR count). The fraction of sp³-hybridized carbons (Fsp3) is 0.500. The van der Waals surface area contributed by atoms with Crippen LogP contribution >= 0.6 is 0 Å². The van der Waals surface area contributed by atoms with E-state index in [0.29, 0.717) is 18.9 Å². The lowest BCUT2D eigenvalue weighted by atomic mass is 9.74. The van der Waals surface area contributed by atoms with Gasteiger partial charge in [-0.15, -0.1) is 0 Å². The fourth-order valence-electron chi connectivity index (χ4n) is 3.81. The van der Waals surface area contributed by atoms with Crippen LogP contribution in [0.3, 0.4) is 0 Å². The number of rotatable bonds is 3. The first-order valence-electron chi connectivity index (χ1n) is 9.42. The Morgan fingerprint density at radius 1 is 1.26 bits per heavy atom. The van der Waals surface area contributed by atoms with Crippen molar-refractivity contribution in [2.75, 3.05) is 31.2 Å². The van der Waals surface area contributed by atoms with E-state index in [1.165, 1.54) is 0 Å². The number of nitrogens with one attached hydrogen (secondary N) is 1. The number of fused-ring (bicyclic) bond motifs is 1. The molecule has 2 aliphatic rings. The molecule has 0 bridgehead atoms. The van der Waals surface area contributed by atoms with Gasteiger partial charge in [0.1, 0.15) is 5.69 Å². The van der Waals surface area contributed by atoms with Gasteiger partial charge in [-0.2, -0.15) is 0 Å². The van der Waals surface area contributed by atoms with Crippen molar-refractivity contribution < 1.29 is 9.53 Å². The maximum Gasteiger partial charge on any atom is 0.270 e. The summed E-state index contributed by atoms with van der Waals surface area (Å²) in [5.41, 5.74) is 2.50. The number of ether oxygens (including phenoxy) is 1. The topological polar surface area (TPSA) is 80.2 Å². The number of amides is 1. The largest absolute Gasteiger partial charge is 0.378 e. The lowest BCUT2D eigenvalue weighted by molar-refractivity contribution is 0.0913. The molecule has 0 aromatic carbocycles. The van der Waals surface area contributed by atoms with Gasteiger partial charge in [-0.1, -0.05) is 19.9 Å². The average molecular weight is 367 g/mol. The zero-order valence-corrected chi connectivity index (χ0v) is 15.8. The number of morpholine rings is 1. The molecule has 1 unspecified atom stereocenters. The Bertz CT molecular complexity index is 818. The van der Waals surface area contributed by atoms with Gasteiger partial charge in [0, 0.05) is 31.0 Å². The summed E-state index contributed by atoms with van der Waals surface area (Å²) in [5.74, 6) is 0.589. The molecule has 27 heavy (non-hydrogen) atoms. The fourth-order valence-corrected chi connectivity index (χ4v) is 3.81. The Morgan fingerprint density at radius 2 is 2.07 bits per heavy atom. The average Bonchev–Trinajstić information content (AvgIpc) is 2.68. The van der Waals surface area contributed by atoms with Crippen molar-refractivity contribution in [3.63, 3.8) is 0 Å². The highest BCUT2D eigenvalue weighted by Gasteiger charge is 2.35. The molecule has 0 radical (unpaired) electrons. The Morgan fingerprint density at radius 3 is 2.81 bits per heavy atom. The minimum atomic E-state index is -0.165. The first-order chi connectivity index (χ1) is 13.0. The lowest BCUT2D eigenvalue weighted by Crippen LogP contribution is -2.39. The number of aromatic nitrogens is 3. The number of hydrogen-bond donors (Lipinski definition) is 1. The van der Waals surface area contributed by atoms with E-state index in [1.807, 2.05) is 12.3 Å². The minimum absolute atomic E-state index is 0.0473. The second-order valence-electron chi connectivity index (χ2n) is 7.96. The maximum absolute atomic E-state index is 12.6. The SMILES string of the molecule is CC1(C)Cc2nc(N3CCOCC3)ncc2C(NC(=O)c2ccccn2)C1. The van der Waals surface area contributed by atoms with Crippen LogP contribution in [0.4, 0.5) is 5.95 Å². The summed E-state index contributed by atoms with van der Waals surface area (Å²) in [4.78, 5) is 28.4. The molecule has 3 heterocycles. The molecule has 2 aromatic rings. The zero-order valence-electron chi connectivity index (χ0n) is 15.8. The van der Waals surface area contributed by atoms with E-state index in [1.54, 1.807) is 18.3 Å². The van der Waals surface area contributed by atoms with Crippen LogP contribution in [0.5, 0.6) is 0 Å². The molecule has 7 heteroatoms. The molecule has 1 amide bonds. The first-order valence-corrected chi connectivity index (χ1v) is 9.42. The summed E-state index contributed by atoms with van der Waals surface area (Å²) in [6.07, 6.45) is 5.23. The quantitative estimate of drug-likeness (QED) is 0.895. The summed E-state index contributed by atoms with van der Waals surface area (Å²) in [6, 6.07) is 5.23. The van der Waals surface area contributed by atoms with Gasteiger partial charge < -0.3 is 15.0 Å². The molecule has 2 aromatic heterocycles. The third kappa shape index (κ3) is 3.93. The highest BCUT2D eigenvalue weighted by molar-refractivity contribution is 5.92. The van der Waals surface area contributed by atoms with Crippen LogP contribution in [0.15, 0.2) is 30.6 Å². The number of anilines is 1. The van der Waals surface area contributed by atoms with Crippen LogP contribution in [0.1, 0.15) is 48.1 Å². The van der Waals surface area contributed by atoms with Crippen LogP contribution in [0, 0.1) is 5.41 Å². The van der Waals surface area contributed by atoms with Crippen molar-refractivity contribution in [2.24, 2.45) is 5.41 Å². The van der Waals surface area contributed by atoms with Crippen LogP contribution in [0.25, 0.3) is 0 Å². The Kier molecular flexibility index (Phi) is 4.78. The lowest BCUT2D eigenvalue weighted by Gasteiger charge is -2.37. The van der Waals surface area contributed by atoms with Gasteiger partial charge in [0.05, 0.1) is 24.9 Å². The Balaban J connectivity index is 1.60. The van der Waals surface area contributed by atoms with Crippen molar-refractivity contribution in [3.8, 4) is 0 Å². The number of pyridine rings is 1. The molecule has 1 saturated heterocycles. The summed E-state index contributed by atoms with van der Waals surface area (Å²) in [7, 11) is 0. The van der Waals surface area contributed by atoms with E-state index in [4.69, 9.17) is 9.72 Å². The Hall–Kier alpha value is -2.54. The van der Waals surface area contributed by atoms with Crippen LogP contribution in [-0.4, -0.2) is 47.2 Å². The zero-order chi connectivity index (χ0) is 18.9. The van der Waals surface area contributed by atoms with Crippen molar-refractivity contribution in [2.45, 2.75) is 32.7 Å². The van der Waals surface area contributed by atoms with Gasteiger partial charge in [0.2, 0.25) is 5.95 Å². The number of carbonyl (C=O) groups is 1. The number of carbonyl (C=O) groups excluding carboxylic acids is 1. The molecule has 1 fully saturated rings. The van der Waals surface area contributed by atoms with Gasteiger partial charge >= 0.3 is 0 Å². The standard InChI is InChI=1S/C20H25N5O2/c1-20(2)11-16(23-18(26)15-5-3-4-6-21-15)14-13-22-19(24-17(14)12-20)25-7-9-27-10-8-25/h3-6,13,16H,7-12H2,1-2H3,(H,23,26). The summed E-state index contributed by atoms with van der Waals surface area (Å²) in [5, 5.41) is 3.13. The van der Waals surface area contributed by atoms with E-state index < -0.39 is 0 Å². The molecule has 1 aliphatic heterocycles. The van der Waals surface area contributed by atoms with Crippen molar-refractivity contribution in [1.82, 2.24) is 20.3 Å². The molecule has 7 nitrogen and oxygen atoms in total. The summed E-state index contributed by atoms with van der Waals surface area (Å²) in [6.45, 7) is 7.45. The molecule has 1 N–H and O–H groups in total. The third-order valence-electron chi connectivity index (χ3n) is 5.16. The van der Waals surface area contributed by atoms with Crippen LogP contribution < -0.4 is 10.2 Å². The maximum atomic E-state index is 12.6. The van der Waals surface area contributed by atoms with E-state index >= 15 is 0 Å². The molecule has 0 saturated carbocycles. The highest BCUT2D eigenvalue weighted by Crippen LogP contribution is 2.40. The molecule has 1 atom stereocenters. The van der Waals surface area contributed by atoms with Crippen molar-refractivity contribution in [1.29, 1.82) is 0 Å². The van der Waals surface area contributed by atoms with Gasteiger partial charge in [-0.25, -0.2) is 9.97 Å². The minimum Gasteiger partial charge on any atom is -0.378 e. The van der Waals surface area contributed by atoms with E-state index in [0.717, 1.165) is 43.1 Å². The summed E-state index contributed by atoms with van der Waals surface area (Å²) >= 11 is 0. The van der Waals surface area contributed by atoms with E-state index in [-0.39, 0.29) is 17.4 Å². The highest BCUT2D eigenvalue weighted by atomic mass is 16.5.